The number of fused-ring (bicyclic) bond motifs is 4. The van der Waals surface area contributed by atoms with Crippen molar-refractivity contribution >= 4 is 81.9 Å². The molecule has 0 saturated carbocycles. The van der Waals surface area contributed by atoms with Crippen LogP contribution in [-0.2, 0) is 19.1 Å². The number of benzene rings is 2. The number of halogens is 4. The largest absolute Gasteiger partial charge is 0.465 e. The van der Waals surface area contributed by atoms with Gasteiger partial charge in [0, 0.05) is 32.8 Å². The first-order valence-corrected chi connectivity index (χ1v) is 18.2. The van der Waals surface area contributed by atoms with Gasteiger partial charge in [-0.15, -0.1) is 0 Å². The summed E-state index contributed by atoms with van der Waals surface area (Å²) in [4.78, 5) is 25.5. The van der Waals surface area contributed by atoms with E-state index in [1.807, 2.05) is 59.9 Å². The molecular formula is C32H34Cl4O4S2. The van der Waals surface area contributed by atoms with Crippen molar-refractivity contribution in [2.24, 2.45) is 11.8 Å². The molecule has 0 amide bonds. The van der Waals surface area contributed by atoms with E-state index < -0.39 is 0 Å². The number of carbonyl (C=O) groups is 2. The number of hydrogen-bond donors (Lipinski definition) is 0. The molecule has 4 aliphatic rings. The lowest BCUT2D eigenvalue weighted by Gasteiger charge is -2.36. The van der Waals surface area contributed by atoms with Crippen LogP contribution in [-0.4, -0.2) is 46.2 Å². The normalized spacial score (nSPS) is 31.6. The number of thioether (sulfide) groups is 2. The van der Waals surface area contributed by atoms with E-state index in [2.05, 4.69) is 0 Å². The minimum absolute atomic E-state index is 0.0184. The standard InChI is InChI=1S/C32H34Cl4O4S2/c33-25-5-1-17(11-27(25)35)21-13-19-3-7-29(41-19)23(21)15-39-31(37)9-10-32(38)40-16-24-22(14-20-4-8-30(24)42-20)18-2-6-26(34)28(36)12-18/h1-2,5-6,11-12,19-24,29-30H,3-4,7-10,13-16H2/t19?,20?,21-,22-,23+,24+,29?,30?/m1/s1. The Morgan fingerprint density at radius 3 is 1.48 bits per heavy atom. The Kier molecular flexibility index (Phi) is 10.2. The summed E-state index contributed by atoms with van der Waals surface area (Å²) in [7, 11) is 0. The predicted molar refractivity (Wildman–Crippen MR) is 175 cm³/mol. The first kappa shape index (κ1) is 31.2. The molecule has 226 valence electrons. The van der Waals surface area contributed by atoms with Crippen LogP contribution in [0.15, 0.2) is 36.4 Å². The summed E-state index contributed by atoms with van der Waals surface area (Å²) in [6.45, 7) is 0.688. The van der Waals surface area contributed by atoms with Gasteiger partial charge in [-0.05, 0) is 85.8 Å². The topological polar surface area (TPSA) is 52.6 Å². The highest BCUT2D eigenvalue weighted by Crippen LogP contribution is 2.54. The molecule has 0 radical (unpaired) electrons. The molecule has 2 aromatic rings. The first-order chi connectivity index (χ1) is 20.2. The zero-order valence-corrected chi connectivity index (χ0v) is 27.8. The zero-order valence-electron chi connectivity index (χ0n) is 23.1. The van der Waals surface area contributed by atoms with Crippen LogP contribution in [0.25, 0.3) is 0 Å². The van der Waals surface area contributed by atoms with Crippen LogP contribution in [0.5, 0.6) is 0 Å². The molecule has 2 aromatic carbocycles. The van der Waals surface area contributed by atoms with Crippen molar-refractivity contribution in [1.29, 1.82) is 0 Å². The third kappa shape index (κ3) is 7.05. The van der Waals surface area contributed by atoms with Gasteiger partial charge in [-0.3, -0.25) is 9.59 Å². The van der Waals surface area contributed by atoms with Crippen molar-refractivity contribution in [1.82, 2.24) is 0 Å². The lowest BCUT2D eigenvalue weighted by Crippen LogP contribution is -2.33. The summed E-state index contributed by atoms with van der Waals surface area (Å²) in [5.74, 6) is 0.237. The van der Waals surface area contributed by atoms with Gasteiger partial charge in [0.1, 0.15) is 0 Å². The van der Waals surface area contributed by atoms with E-state index in [1.165, 1.54) is 12.8 Å². The lowest BCUT2D eigenvalue weighted by molar-refractivity contribution is -0.152. The van der Waals surface area contributed by atoms with Crippen molar-refractivity contribution in [2.45, 2.75) is 84.2 Å². The molecule has 4 bridgehead atoms. The van der Waals surface area contributed by atoms with E-state index in [4.69, 9.17) is 55.9 Å². The van der Waals surface area contributed by atoms with Crippen molar-refractivity contribution in [3.05, 3.63) is 67.6 Å². The smallest absolute Gasteiger partial charge is 0.306 e. The SMILES string of the molecule is O=C(CCC(=O)OC[C@@H]1C2CCC(C[C@@H]1c1ccc(Cl)c(Cl)c1)S2)OC[C@@H]1C2CCC(C[C@@H]1c1ccc(Cl)c(Cl)c1)S2. The summed E-state index contributed by atoms with van der Waals surface area (Å²) < 4.78 is 11.5. The summed E-state index contributed by atoms with van der Waals surface area (Å²) in [6, 6.07) is 11.7. The Balaban J connectivity index is 1.01. The number of ether oxygens (including phenoxy) is 2. The van der Waals surface area contributed by atoms with Crippen LogP contribution >= 0.6 is 69.9 Å². The van der Waals surface area contributed by atoms with E-state index in [0.717, 1.165) is 36.8 Å². The third-order valence-corrected chi connectivity index (χ3v) is 14.4. The van der Waals surface area contributed by atoms with Crippen LogP contribution in [0.3, 0.4) is 0 Å². The van der Waals surface area contributed by atoms with Gasteiger partial charge in [-0.25, -0.2) is 0 Å². The van der Waals surface area contributed by atoms with Crippen LogP contribution in [0.4, 0.5) is 0 Å². The monoisotopic (exact) mass is 686 g/mol. The number of hydrogen-bond acceptors (Lipinski definition) is 6. The quantitative estimate of drug-likeness (QED) is 0.245. The fraction of sp³-hybridized carbons (Fsp3) is 0.562. The van der Waals surface area contributed by atoms with E-state index in [1.54, 1.807) is 0 Å². The molecule has 8 atom stereocenters. The number of carbonyl (C=O) groups excluding carboxylic acids is 2. The molecule has 4 heterocycles. The summed E-state index contributed by atoms with van der Waals surface area (Å²) in [6.07, 6.45) is 6.76. The molecule has 4 unspecified atom stereocenters. The van der Waals surface area contributed by atoms with Crippen LogP contribution in [0, 0.1) is 11.8 Å². The van der Waals surface area contributed by atoms with Gasteiger partial charge in [0.05, 0.1) is 46.1 Å². The molecule has 4 nitrogen and oxygen atoms in total. The second-order valence-electron chi connectivity index (χ2n) is 12.0. The average molecular weight is 689 g/mol. The third-order valence-electron chi connectivity index (χ3n) is 9.45. The molecule has 4 saturated heterocycles. The zero-order chi connectivity index (χ0) is 29.4. The molecule has 4 aliphatic heterocycles. The minimum Gasteiger partial charge on any atom is -0.465 e. The van der Waals surface area contributed by atoms with Crippen molar-refractivity contribution in [3.63, 3.8) is 0 Å². The Bertz CT molecular complexity index is 1230. The highest BCUT2D eigenvalue weighted by molar-refractivity contribution is 8.01. The Labute approximate surface area is 276 Å². The fourth-order valence-electron chi connectivity index (χ4n) is 7.30. The van der Waals surface area contributed by atoms with Crippen LogP contribution in [0.2, 0.25) is 20.1 Å². The molecule has 0 aromatic heterocycles. The molecule has 0 N–H and O–H groups in total. The second kappa shape index (κ2) is 13.7. The molecular weight excluding hydrogens is 654 g/mol. The maximum atomic E-state index is 12.7. The minimum atomic E-state index is -0.356. The van der Waals surface area contributed by atoms with Crippen molar-refractivity contribution < 1.29 is 19.1 Å². The molecule has 4 fully saturated rings. The van der Waals surface area contributed by atoms with Crippen LogP contribution < -0.4 is 0 Å². The highest BCUT2D eigenvalue weighted by atomic mass is 35.5. The Morgan fingerprint density at radius 1 is 0.643 bits per heavy atom. The maximum Gasteiger partial charge on any atom is 0.306 e. The van der Waals surface area contributed by atoms with Gasteiger partial charge in [-0.2, -0.15) is 23.5 Å². The first-order valence-electron chi connectivity index (χ1n) is 14.8. The highest BCUT2D eigenvalue weighted by Gasteiger charge is 2.45. The molecule has 42 heavy (non-hydrogen) atoms. The fourth-order valence-corrected chi connectivity index (χ4v) is 11.6. The number of rotatable bonds is 9. The van der Waals surface area contributed by atoms with Gasteiger partial charge >= 0.3 is 11.9 Å². The van der Waals surface area contributed by atoms with Crippen LogP contribution in [0.1, 0.15) is 74.3 Å². The van der Waals surface area contributed by atoms with E-state index >= 15 is 0 Å². The van der Waals surface area contributed by atoms with E-state index in [9.17, 15) is 9.59 Å². The molecule has 10 heteroatoms. The number of esters is 2. The lowest BCUT2D eigenvalue weighted by atomic mass is 9.82. The maximum absolute atomic E-state index is 12.7. The Morgan fingerprint density at radius 2 is 1.07 bits per heavy atom. The van der Waals surface area contributed by atoms with Gasteiger partial charge in [0.15, 0.2) is 0 Å². The van der Waals surface area contributed by atoms with Crippen molar-refractivity contribution in [2.75, 3.05) is 13.2 Å². The predicted octanol–water partition coefficient (Wildman–Crippen LogP) is 9.60. The Hall–Kier alpha value is -0.760. The summed E-state index contributed by atoms with van der Waals surface area (Å²) in [5, 5.41) is 4.36. The average Bonchev–Trinajstić information content (AvgIpc) is 3.56. The summed E-state index contributed by atoms with van der Waals surface area (Å²) >= 11 is 29.0. The molecule has 0 aliphatic carbocycles. The van der Waals surface area contributed by atoms with E-state index in [0.29, 0.717) is 54.3 Å². The van der Waals surface area contributed by atoms with Gasteiger partial charge in [-0.1, -0.05) is 58.5 Å². The van der Waals surface area contributed by atoms with Gasteiger partial charge in [0.2, 0.25) is 0 Å². The van der Waals surface area contributed by atoms with Gasteiger partial charge in [0.25, 0.3) is 0 Å². The molecule has 0 spiro atoms. The van der Waals surface area contributed by atoms with Crippen molar-refractivity contribution in [3.8, 4) is 0 Å². The molecule has 6 rings (SSSR count). The van der Waals surface area contributed by atoms with E-state index in [-0.39, 0.29) is 48.5 Å². The summed E-state index contributed by atoms with van der Waals surface area (Å²) in [5.41, 5.74) is 2.31. The van der Waals surface area contributed by atoms with Gasteiger partial charge < -0.3 is 9.47 Å². The second-order valence-corrected chi connectivity index (χ2v) is 16.7.